The van der Waals surface area contributed by atoms with Gasteiger partial charge in [-0.2, -0.15) is 0 Å². The minimum Gasteiger partial charge on any atom is -0.374 e. The highest BCUT2D eigenvalue weighted by molar-refractivity contribution is 6.26. The smallest absolute Gasteiger partial charge is 0.254 e. The molecule has 172 valence electrons. The SMILES string of the molecule is C=c1nc(COCC)n(CCCCN(C)C(=O)c2ccccc2C=O)/c1=C1\C=CC=CC1=N. The van der Waals surface area contributed by atoms with E-state index in [0.717, 1.165) is 29.6 Å². The summed E-state index contributed by atoms with van der Waals surface area (Å²) >= 11 is 0. The minimum atomic E-state index is -0.166. The van der Waals surface area contributed by atoms with E-state index in [1.807, 2.05) is 25.2 Å². The van der Waals surface area contributed by atoms with E-state index in [-0.39, 0.29) is 5.91 Å². The molecule has 7 nitrogen and oxygen atoms in total. The van der Waals surface area contributed by atoms with Gasteiger partial charge in [0, 0.05) is 37.9 Å². The fourth-order valence-corrected chi connectivity index (χ4v) is 3.81. The summed E-state index contributed by atoms with van der Waals surface area (Å²) in [6.07, 6.45) is 9.69. The average molecular weight is 447 g/mol. The molecule has 1 aliphatic carbocycles. The first-order chi connectivity index (χ1) is 16.0. The van der Waals surface area contributed by atoms with E-state index in [0.29, 0.717) is 54.8 Å². The third-order valence-electron chi connectivity index (χ3n) is 5.53. The van der Waals surface area contributed by atoms with Crippen molar-refractivity contribution >= 4 is 30.1 Å². The van der Waals surface area contributed by atoms with Crippen LogP contribution in [0.3, 0.4) is 0 Å². The van der Waals surface area contributed by atoms with Gasteiger partial charge >= 0.3 is 0 Å². The first kappa shape index (κ1) is 24.1. The molecule has 7 heteroatoms. The molecule has 0 aliphatic heterocycles. The van der Waals surface area contributed by atoms with Crippen molar-refractivity contribution in [2.75, 3.05) is 20.2 Å². The van der Waals surface area contributed by atoms with Crippen molar-refractivity contribution in [1.82, 2.24) is 14.5 Å². The maximum absolute atomic E-state index is 12.7. The van der Waals surface area contributed by atoms with Gasteiger partial charge in [0.05, 0.1) is 22.0 Å². The third-order valence-corrected chi connectivity index (χ3v) is 5.53. The van der Waals surface area contributed by atoms with Crippen molar-refractivity contribution in [2.45, 2.75) is 32.9 Å². The number of allylic oxidation sites excluding steroid dienone is 4. The van der Waals surface area contributed by atoms with Gasteiger partial charge in [0.25, 0.3) is 5.91 Å². The number of carbonyl (C=O) groups excluding carboxylic acids is 2. The first-order valence-corrected chi connectivity index (χ1v) is 11.1. The molecular formula is C26H30N4O3. The molecule has 1 aromatic carbocycles. The third kappa shape index (κ3) is 5.62. The molecule has 33 heavy (non-hydrogen) atoms. The van der Waals surface area contributed by atoms with Gasteiger partial charge in [-0.05, 0) is 31.9 Å². The predicted molar refractivity (Wildman–Crippen MR) is 130 cm³/mol. The van der Waals surface area contributed by atoms with Crippen LogP contribution in [0.4, 0.5) is 0 Å². The van der Waals surface area contributed by atoms with E-state index in [1.54, 1.807) is 42.3 Å². The van der Waals surface area contributed by atoms with Crippen molar-refractivity contribution in [2.24, 2.45) is 0 Å². The Kier molecular flexibility index (Phi) is 8.27. The van der Waals surface area contributed by atoms with Crippen LogP contribution >= 0.6 is 0 Å². The Balaban J connectivity index is 1.74. The summed E-state index contributed by atoms with van der Waals surface area (Å²) in [5.74, 6) is 0.616. The largest absolute Gasteiger partial charge is 0.374 e. The van der Waals surface area contributed by atoms with Crippen molar-refractivity contribution < 1.29 is 14.3 Å². The zero-order valence-corrected chi connectivity index (χ0v) is 19.2. The molecule has 0 fully saturated rings. The molecule has 1 aliphatic rings. The van der Waals surface area contributed by atoms with Crippen LogP contribution in [0.1, 0.15) is 46.3 Å². The van der Waals surface area contributed by atoms with Gasteiger partial charge in [-0.1, -0.05) is 43.0 Å². The molecule has 0 bridgehead atoms. The van der Waals surface area contributed by atoms with Gasteiger partial charge in [0.15, 0.2) is 6.29 Å². The van der Waals surface area contributed by atoms with Crippen LogP contribution in [0.5, 0.6) is 0 Å². The molecule has 1 amide bonds. The van der Waals surface area contributed by atoms with Gasteiger partial charge in [-0.25, -0.2) is 4.98 Å². The number of ether oxygens (including phenoxy) is 1. The van der Waals surface area contributed by atoms with Crippen LogP contribution in [0.25, 0.3) is 12.2 Å². The fraction of sp³-hybridized carbons (Fsp3) is 0.308. The number of nitrogens with zero attached hydrogens (tertiary/aromatic N) is 3. The van der Waals surface area contributed by atoms with E-state index in [4.69, 9.17) is 10.1 Å². The highest BCUT2D eigenvalue weighted by Gasteiger charge is 2.16. The molecular weight excluding hydrogens is 416 g/mol. The fourth-order valence-electron chi connectivity index (χ4n) is 3.81. The molecule has 0 atom stereocenters. The number of benzene rings is 1. The highest BCUT2D eigenvalue weighted by Crippen LogP contribution is 2.11. The maximum Gasteiger partial charge on any atom is 0.254 e. The number of imidazole rings is 1. The summed E-state index contributed by atoms with van der Waals surface area (Å²) in [5.41, 5.74) is 2.02. The second kappa shape index (κ2) is 11.3. The van der Waals surface area contributed by atoms with E-state index in [9.17, 15) is 9.59 Å². The quantitative estimate of drug-likeness (QED) is 0.449. The Morgan fingerprint density at radius 1 is 1.24 bits per heavy atom. The summed E-state index contributed by atoms with van der Waals surface area (Å²) in [6.45, 7) is 8.23. The standard InChI is InChI=1S/C26H30N4O3/c1-4-33-18-24-28-19(2)25(22-13-7-8-14-23(22)27)30(24)16-10-9-15-29(3)26(32)21-12-6-5-11-20(21)17-31/h5-8,11-14,17,27H,2,4,9-10,15-16,18H2,1,3H3/b25-22+,27-23?. The molecule has 0 radical (unpaired) electrons. The zero-order chi connectivity index (χ0) is 23.8. The molecule has 0 saturated carbocycles. The van der Waals surface area contributed by atoms with Crippen LogP contribution in [0.2, 0.25) is 0 Å². The first-order valence-electron chi connectivity index (χ1n) is 11.1. The van der Waals surface area contributed by atoms with E-state index < -0.39 is 0 Å². The summed E-state index contributed by atoms with van der Waals surface area (Å²) in [5, 5.41) is 9.77. The van der Waals surface area contributed by atoms with Crippen molar-refractivity contribution in [1.29, 1.82) is 5.41 Å². The van der Waals surface area contributed by atoms with Crippen molar-refractivity contribution in [3.8, 4) is 0 Å². The van der Waals surface area contributed by atoms with Crippen molar-refractivity contribution in [3.05, 3.63) is 76.2 Å². The van der Waals surface area contributed by atoms with Crippen LogP contribution in [-0.2, 0) is 17.9 Å². The Morgan fingerprint density at radius 3 is 2.73 bits per heavy atom. The van der Waals surface area contributed by atoms with Gasteiger partial charge < -0.3 is 19.6 Å². The highest BCUT2D eigenvalue weighted by atomic mass is 16.5. The number of unbranched alkanes of at least 4 members (excludes halogenated alkanes) is 1. The molecule has 3 rings (SSSR count). The average Bonchev–Trinajstić information content (AvgIpc) is 3.14. The van der Waals surface area contributed by atoms with Gasteiger partial charge in [-0.15, -0.1) is 0 Å². The number of aldehydes is 1. The lowest BCUT2D eigenvalue weighted by Crippen LogP contribution is -2.34. The topological polar surface area (TPSA) is 88.3 Å². The van der Waals surface area contributed by atoms with Gasteiger partial charge in [-0.3, -0.25) is 9.59 Å². The summed E-state index contributed by atoms with van der Waals surface area (Å²) in [4.78, 5) is 30.2. The lowest BCUT2D eigenvalue weighted by Gasteiger charge is -2.18. The molecule has 0 unspecified atom stereocenters. The van der Waals surface area contributed by atoms with Crippen LogP contribution in [0, 0.1) is 5.41 Å². The Labute approximate surface area is 193 Å². The van der Waals surface area contributed by atoms with Gasteiger partial charge in [0.1, 0.15) is 12.4 Å². The summed E-state index contributed by atoms with van der Waals surface area (Å²) in [7, 11) is 1.75. The number of nitrogens with one attached hydrogen (secondary N) is 1. The molecule has 1 N–H and O–H groups in total. The molecule has 1 aromatic heterocycles. The Morgan fingerprint density at radius 2 is 2.00 bits per heavy atom. The molecule has 2 aromatic rings. The molecule has 0 saturated heterocycles. The number of amides is 1. The maximum atomic E-state index is 12.7. The summed E-state index contributed by atoms with van der Waals surface area (Å²) < 4.78 is 7.68. The van der Waals surface area contributed by atoms with Crippen LogP contribution in [-0.4, -0.2) is 52.6 Å². The normalized spacial score (nSPS) is 14.5. The van der Waals surface area contributed by atoms with E-state index >= 15 is 0 Å². The van der Waals surface area contributed by atoms with E-state index in [2.05, 4.69) is 16.1 Å². The van der Waals surface area contributed by atoms with Crippen LogP contribution < -0.4 is 10.7 Å². The lowest BCUT2D eigenvalue weighted by molar-refractivity contribution is 0.0789. The monoisotopic (exact) mass is 446 g/mol. The van der Waals surface area contributed by atoms with Gasteiger partial charge in [0.2, 0.25) is 0 Å². The van der Waals surface area contributed by atoms with Crippen LogP contribution in [0.15, 0.2) is 48.6 Å². The molecule has 0 spiro atoms. The second-order valence-corrected chi connectivity index (χ2v) is 7.80. The Bertz CT molecular complexity index is 1210. The number of rotatable bonds is 10. The zero-order valence-electron chi connectivity index (χ0n) is 19.2. The Hall–Kier alpha value is -3.58. The minimum absolute atomic E-state index is 0.166. The predicted octanol–water partition coefficient (Wildman–Crippen LogP) is 2.49. The molecule has 1 heterocycles. The number of carbonyl (C=O) groups is 2. The summed E-state index contributed by atoms with van der Waals surface area (Å²) in [6, 6.07) is 6.83. The van der Waals surface area contributed by atoms with E-state index in [1.165, 1.54) is 0 Å². The second-order valence-electron chi connectivity index (χ2n) is 7.80. The lowest BCUT2D eigenvalue weighted by atomic mass is 10.1. The number of hydrogen-bond donors (Lipinski definition) is 1. The number of aromatic nitrogens is 2. The number of hydrogen-bond acceptors (Lipinski definition) is 5. The van der Waals surface area contributed by atoms with Crippen molar-refractivity contribution in [3.63, 3.8) is 0 Å².